The molecule has 0 saturated heterocycles. The molecule has 0 spiro atoms. The molecule has 0 saturated carbocycles. The molecule has 1 aromatic heterocycles. The quantitative estimate of drug-likeness (QED) is 0.892. The second kappa shape index (κ2) is 5.14. The summed E-state index contributed by atoms with van der Waals surface area (Å²) < 4.78 is 40.0. The number of aromatic nitrogens is 1. The lowest BCUT2D eigenvalue weighted by Gasteiger charge is -2.08. The molecule has 100 valence electrons. The topological polar surface area (TPSA) is 79.0 Å². The zero-order chi connectivity index (χ0) is 14.0. The normalized spacial score (nSPS) is 11.3. The Balaban J connectivity index is 2.43. The standard InChI is InChI=1S/C11H8BrFN2O3S/c12-7-1-2-9(8(13)5-7)15-19(17,18)11-6-14-4-3-10(11)16/h1-6,15H,(H,14,16). The molecule has 0 radical (unpaired) electrons. The molecule has 2 rings (SSSR count). The van der Waals surface area contributed by atoms with Crippen molar-refractivity contribution in [3.05, 3.63) is 57.2 Å². The predicted molar refractivity (Wildman–Crippen MR) is 72.0 cm³/mol. The van der Waals surface area contributed by atoms with E-state index in [0.717, 1.165) is 18.3 Å². The molecule has 0 amide bonds. The van der Waals surface area contributed by atoms with Crippen LogP contribution < -0.4 is 10.2 Å². The molecule has 1 aromatic carbocycles. The number of hydrogen-bond donors (Lipinski definition) is 2. The van der Waals surface area contributed by atoms with Gasteiger partial charge in [0.25, 0.3) is 10.0 Å². The van der Waals surface area contributed by atoms with Gasteiger partial charge in [0.2, 0.25) is 5.43 Å². The fourth-order valence-electron chi connectivity index (χ4n) is 1.38. The van der Waals surface area contributed by atoms with Gasteiger partial charge in [-0.1, -0.05) is 15.9 Å². The van der Waals surface area contributed by atoms with Gasteiger partial charge in [0.05, 0.1) is 5.69 Å². The van der Waals surface area contributed by atoms with Crippen molar-refractivity contribution in [2.45, 2.75) is 4.90 Å². The van der Waals surface area contributed by atoms with Gasteiger partial charge in [-0.15, -0.1) is 0 Å². The first-order chi connectivity index (χ1) is 8.90. The number of halogens is 2. The maximum absolute atomic E-state index is 13.6. The molecule has 0 aliphatic heterocycles. The van der Waals surface area contributed by atoms with Crippen LogP contribution in [0.5, 0.6) is 0 Å². The minimum absolute atomic E-state index is 0.230. The lowest BCUT2D eigenvalue weighted by Crippen LogP contribution is -2.21. The van der Waals surface area contributed by atoms with Crippen molar-refractivity contribution >= 4 is 31.6 Å². The van der Waals surface area contributed by atoms with Crippen molar-refractivity contribution < 1.29 is 12.8 Å². The summed E-state index contributed by atoms with van der Waals surface area (Å²) in [5, 5.41) is 0. The lowest BCUT2D eigenvalue weighted by molar-refractivity contribution is 0.597. The van der Waals surface area contributed by atoms with Crippen molar-refractivity contribution in [1.29, 1.82) is 0 Å². The second-order valence-electron chi connectivity index (χ2n) is 3.60. The van der Waals surface area contributed by atoms with E-state index in [9.17, 15) is 17.6 Å². The van der Waals surface area contributed by atoms with Crippen LogP contribution in [0.1, 0.15) is 0 Å². The van der Waals surface area contributed by atoms with E-state index in [2.05, 4.69) is 20.9 Å². The number of aromatic amines is 1. The molecule has 0 fully saturated rings. The van der Waals surface area contributed by atoms with Crippen LogP contribution in [0, 0.1) is 5.82 Å². The highest BCUT2D eigenvalue weighted by molar-refractivity contribution is 9.10. The minimum Gasteiger partial charge on any atom is -0.366 e. The Bertz CT molecular complexity index is 774. The molecular weight excluding hydrogens is 339 g/mol. The summed E-state index contributed by atoms with van der Waals surface area (Å²) in [5.74, 6) is -0.745. The predicted octanol–water partition coefficient (Wildman–Crippen LogP) is 2.08. The molecule has 2 aromatic rings. The van der Waals surface area contributed by atoms with E-state index in [1.165, 1.54) is 18.3 Å². The van der Waals surface area contributed by atoms with E-state index in [1.807, 2.05) is 4.72 Å². The van der Waals surface area contributed by atoms with Crippen molar-refractivity contribution in [3.63, 3.8) is 0 Å². The first kappa shape index (κ1) is 13.8. The molecule has 19 heavy (non-hydrogen) atoms. The Morgan fingerprint density at radius 3 is 2.63 bits per heavy atom. The van der Waals surface area contributed by atoms with Gasteiger partial charge in [-0.05, 0) is 18.2 Å². The van der Waals surface area contributed by atoms with E-state index in [4.69, 9.17) is 0 Å². The lowest BCUT2D eigenvalue weighted by atomic mass is 10.3. The molecule has 0 unspecified atom stereocenters. The van der Waals surface area contributed by atoms with Crippen LogP contribution in [0.25, 0.3) is 0 Å². The fourth-order valence-corrected chi connectivity index (χ4v) is 2.84. The monoisotopic (exact) mass is 346 g/mol. The van der Waals surface area contributed by atoms with Crippen molar-refractivity contribution in [2.24, 2.45) is 0 Å². The van der Waals surface area contributed by atoms with Gasteiger partial charge in [-0.2, -0.15) is 0 Å². The van der Waals surface area contributed by atoms with E-state index < -0.39 is 26.2 Å². The van der Waals surface area contributed by atoms with Gasteiger partial charge < -0.3 is 4.98 Å². The van der Waals surface area contributed by atoms with E-state index in [-0.39, 0.29) is 5.69 Å². The molecule has 5 nitrogen and oxygen atoms in total. The van der Waals surface area contributed by atoms with Crippen molar-refractivity contribution in [2.75, 3.05) is 4.72 Å². The SMILES string of the molecule is O=c1cc[nH]cc1S(=O)(=O)Nc1ccc(Br)cc1F. The van der Waals surface area contributed by atoms with Gasteiger partial charge in [0.1, 0.15) is 5.82 Å². The average Bonchev–Trinajstić information content (AvgIpc) is 2.33. The van der Waals surface area contributed by atoms with Gasteiger partial charge in [-0.3, -0.25) is 9.52 Å². The maximum atomic E-state index is 13.6. The number of hydrogen-bond acceptors (Lipinski definition) is 3. The van der Waals surface area contributed by atoms with Crippen LogP contribution in [-0.2, 0) is 10.0 Å². The van der Waals surface area contributed by atoms with Crippen LogP contribution in [0.2, 0.25) is 0 Å². The summed E-state index contributed by atoms with van der Waals surface area (Å²) >= 11 is 3.06. The third-order valence-electron chi connectivity index (χ3n) is 2.25. The van der Waals surface area contributed by atoms with Gasteiger partial charge in [-0.25, -0.2) is 12.8 Å². The Kier molecular flexibility index (Phi) is 3.72. The van der Waals surface area contributed by atoms with Crippen LogP contribution in [0.15, 0.2) is 50.8 Å². The molecule has 0 aliphatic carbocycles. The first-order valence-corrected chi connectivity index (χ1v) is 7.33. The maximum Gasteiger partial charge on any atom is 0.267 e. The van der Waals surface area contributed by atoms with Crippen molar-refractivity contribution in [1.82, 2.24) is 4.98 Å². The Morgan fingerprint density at radius 2 is 2.00 bits per heavy atom. The Labute approximate surface area is 116 Å². The number of benzene rings is 1. The van der Waals surface area contributed by atoms with E-state index in [1.54, 1.807) is 0 Å². The molecular formula is C11H8BrFN2O3S. The van der Waals surface area contributed by atoms with Crippen LogP contribution in [-0.4, -0.2) is 13.4 Å². The van der Waals surface area contributed by atoms with Crippen molar-refractivity contribution in [3.8, 4) is 0 Å². The van der Waals surface area contributed by atoms with Crippen LogP contribution >= 0.6 is 15.9 Å². The largest absolute Gasteiger partial charge is 0.366 e. The number of sulfonamides is 1. The summed E-state index contributed by atoms with van der Waals surface area (Å²) in [5.41, 5.74) is -0.907. The van der Waals surface area contributed by atoms with Gasteiger partial charge in [0, 0.05) is 22.9 Å². The zero-order valence-electron chi connectivity index (χ0n) is 9.35. The van der Waals surface area contributed by atoms with E-state index in [0.29, 0.717) is 4.47 Å². The number of H-pyrrole nitrogens is 1. The molecule has 0 atom stereocenters. The Morgan fingerprint density at radius 1 is 1.26 bits per heavy atom. The summed E-state index contributed by atoms with van der Waals surface area (Å²) in [7, 11) is -4.13. The first-order valence-electron chi connectivity index (χ1n) is 5.05. The number of pyridine rings is 1. The van der Waals surface area contributed by atoms with Gasteiger partial charge >= 0.3 is 0 Å². The highest BCUT2D eigenvalue weighted by Crippen LogP contribution is 2.21. The summed E-state index contributed by atoms with van der Waals surface area (Å²) in [6.45, 7) is 0. The third kappa shape index (κ3) is 3.02. The molecule has 0 aliphatic rings. The van der Waals surface area contributed by atoms with Crippen LogP contribution in [0.4, 0.5) is 10.1 Å². The molecule has 0 bridgehead atoms. The summed E-state index contributed by atoms with van der Waals surface area (Å²) in [6, 6.07) is 4.93. The second-order valence-corrected chi connectivity index (χ2v) is 6.17. The Hall–Kier alpha value is -1.67. The third-order valence-corrected chi connectivity index (χ3v) is 4.13. The average molecular weight is 347 g/mol. The molecule has 8 heteroatoms. The number of rotatable bonds is 3. The van der Waals surface area contributed by atoms with Gasteiger partial charge in [0.15, 0.2) is 4.90 Å². The zero-order valence-corrected chi connectivity index (χ0v) is 11.8. The fraction of sp³-hybridized carbons (Fsp3) is 0. The minimum atomic E-state index is -4.13. The highest BCUT2D eigenvalue weighted by atomic mass is 79.9. The van der Waals surface area contributed by atoms with E-state index >= 15 is 0 Å². The van der Waals surface area contributed by atoms with Crippen LogP contribution in [0.3, 0.4) is 0 Å². The smallest absolute Gasteiger partial charge is 0.267 e. The summed E-state index contributed by atoms with van der Waals surface area (Å²) in [6.07, 6.45) is 2.35. The highest BCUT2D eigenvalue weighted by Gasteiger charge is 2.19. The molecule has 1 heterocycles. The number of nitrogens with one attached hydrogen (secondary N) is 2. The number of anilines is 1. The summed E-state index contributed by atoms with van der Waals surface area (Å²) in [4.78, 5) is 13.5. The molecule has 2 N–H and O–H groups in total.